The van der Waals surface area contributed by atoms with Crippen LogP contribution in [0.2, 0.25) is 10.0 Å². The van der Waals surface area contributed by atoms with Crippen molar-refractivity contribution >= 4 is 80.4 Å². The van der Waals surface area contributed by atoms with Gasteiger partial charge in [-0.3, -0.25) is 44.3 Å². The zero-order valence-electron chi connectivity index (χ0n) is 39.8. The number of nitrogens with one attached hydrogen (secondary N) is 3. The van der Waals surface area contributed by atoms with Gasteiger partial charge in [-0.1, -0.05) is 29.3 Å². The fourth-order valence-corrected chi connectivity index (χ4v) is 11.2. The van der Waals surface area contributed by atoms with E-state index in [-0.39, 0.29) is 30.1 Å². The standard InChI is InChI=1S/C50H53Cl2N13O6/c1-28(44-36(51)23-54-24-37(44)52)71-41-19-35-38(20-40(41)70-4)58-59-45(35)33-17-32(21-53)46(55-22-33)64-26-50(2,27-64)57-48(68)30-9-14-63(15-10-30)43(67)25-62-12-7-29(8-13-62)31-5-6-34-39(18-31)61(3)60-47(34)65-16-11-42(66)56-49(65)69/h5-6,17-20,22-24,28-30H,7-16,25-27H2,1-4H3,(H,57,68)(H,58,59)(H,56,66,69)/t28-/m1/s1. The molecule has 4 aliphatic rings. The van der Waals surface area contributed by atoms with Gasteiger partial charge in [0.05, 0.1) is 45.8 Å². The average molecular weight is 1000 g/mol. The largest absolute Gasteiger partial charge is 0.493 e. The minimum atomic E-state index is -0.538. The van der Waals surface area contributed by atoms with Crippen LogP contribution < -0.4 is 29.9 Å². The maximum atomic E-state index is 13.6. The van der Waals surface area contributed by atoms with Crippen LogP contribution in [0.5, 0.6) is 11.5 Å². The fraction of sp³-hybridized carbons (Fsp3) is 0.420. The number of pyridine rings is 2. The number of methoxy groups -OCH3 is 1. The van der Waals surface area contributed by atoms with E-state index in [2.05, 4.69) is 54.0 Å². The Morgan fingerprint density at radius 2 is 1.70 bits per heavy atom. The van der Waals surface area contributed by atoms with E-state index in [0.29, 0.717) is 119 Å². The quantitative estimate of drug-likeness (QED) is 0.120. The number of carbonyl (C=O) groups excluding carboxylic acids is 4. The number of aromatic nitrogens is 6. The predicted octanol–water partition coefficient (Wildman–Crippen LogP) is 6.49. The number of halogens is 2. The Morgan fingerprint density at radius 1 is 0.958 bits per heavy atom. The first-order chi connectivity index (χ1) is 34.2. The lowest BCUT2D eigenvalue weighted by Gasteiger charge is -2.49. The molecule has 2 aromatic carbocycles. The Balaban J connectivity index is 0.698. The summed E-state index contributed by atoms with van der Waals surface area (Å²) in [5.74, 6) is 1.90. The molecule has 4 fully saturated rings. The number of ether oxygens (including phenoxy) is 2. The number of rotatable bonds is 12. The zero-order chi connectivity index (χ0) is 49.7. The third-order valence-electron chi connectivity index (χ3n) is 14.3. The molecule has 4 aliphatic heterocycles. The van der Waals surface area contributed by atoms with Gasteiger partial charge in [-0.15, -0.1) is 0 Å². The Morgan fingerprint density at radius 3 is 2.41 bits per heavy atom. The number of amides is 5. The molecule has 0 aliphatic carbocycles. The Kier molecular flexibility index (Phi) is 13.0. The third kappa shape index (κ3) is 9.39. The summed E-state index contributed by atoms with van der Waals surface area (Å²) >= 11 is 12.8. The topological polar surface area (TPSA) is 220 Å². The van der Waals surface area contributed by atoms with Crippen molar-refractivity contribution in [3.05, 3.63) is 81.7 Å². The number of imide groups is 1. The van der Waals surface area contributed by atoms with E-state index in [9.17, 15) is 24.4 Å². The summed E-state index contributed by atoms with van der Waals surface area (Å²) in [6.07, 6.45) is 7.42. The first kappa shape index (κ1) is 47.7. The van der Waals surface area contributed by atoms with Crippen LogP contribution in [0.15, 0.2) is 55.0 Å². The first-order valence-corrected chi connectivity index (χ1v) is 24.5. The number of fused-ring (bicyclic) bond motifs is 2. The molecule has 10 rings (SSSR count). The van der Waals surface area contributed by atoms with Gasteiger partial charge in [-0.25, -0.2) is 9.78 Å². The number of carbonyl (C=O) groups is 4. The van der Waals surface area contributed by atoms with E-state index in [1.54, 1.807) is 30.1 Å². The Labute approximate surface area is 419 Å². The number of hydrogen-bond donors (Lipinski definition) is 3. The molecule has 0 bridgehead atoms. The van der Waals surface area contributed by atoms with Gasteiger partial charge in [0.2, 0.25) is 17.7 Å². The van der Waals surface area contributed by atoms with Crippen LogP contribution in [0.4, 0.5) is 16.4 Å². The number of nitriles is 1. The van der Waals surface area contributed by atoms with Gasteiger partial charge in [0.1, 0.15) is 23.7 Å². The molecule has 0 saturated carbocycles. The van der Waals surface area contributed by atoms with Gasteiger partial charge >= 0.3 is 6.03 Å². The lowest BCUT2D eigenvalue weighted by Crippen LogP contribution is -2.69. The average Bonchev–Trinajstić information content (AvgIpc) is 3.92. The number of likely N-dealkylation sites (tertiary alicyclic amines) is 2. The molecule has 3 N–H and O–H groups in total. The third-order valence-corrected chi connectivity index (χ3v) is 14.9. The number of benzene rings is 2. The molecule has 8 heterocycles. The summed E-state index contributed by atoms with van der Waals surface area (Å²) in [5.41, 5.74) is 4.48. The second kappa shape index (κ2) is 19.3. The molecule has 19 nitrogen and oxygen atoms in total. The number of aryl methyl sites for hydroxylation is 1. The van der Waals surface area contributed by atoms with Crippen molar-refractivity contribution in [1.29, 1.82) is 5.26 Å². The van der Waals surface area contributed by atoms with E-state index < -0.39 is 17.7 Å². The van der Waals surface area contributed by atoms with Crippen molar-refractivity contribution in [3.63, 3.8) is 0 Å². The number of hydrogen-bond acceptors (Lipinski definition) is 13. The molecular weight excluding hydrogens is 950 g/mol. The number of aromatic amines is 1. The maximum Gasteiger partial charge on any atom is 0.329 e. The molecule has 0 spiro atoms. The van der Waals surface area contributed by atoms with Gasteiger partial charge in [0.15, 0.2) is 17.3 Å². The SMILES string of the molecule is COc1cc2[nH]nc(-c3cnc(N4CC(C)(NC(=O)C5CCN(C(=O)CN6CCC(c7ccc8c(N9CCC(=O)NC9=O)nn(C)c8c7)CC6)CC5)C4)c(C#N)c3)c2cc1O[C@H](C)c1c(Cl)cncc1Cl. The highest BCUT2D eigenvalue weighted by Crippen LogP contribution is 2.41. The molecule has 368 valence electrons. The zero-order valence-corrected chi connectivity index (χ0v) is 41.3. The van der Waals surface area contributed by atoms with E-state index in [0.717, 1.165) is 42.2 Å². The highest BCUT2D eigenvalue weighted by atomic mass is 35.5. The van der Waals surface area contributed by atoms with E-state index >= 15 is 0 Å². The van der Waals surface area contributed by atoms with Crippen molar-refractivity contribution in [2.75, 3.05) is 69.3 Å². The molecule has 0 unspecified atom stereocenters. The number of nitrogens with zero attached hydrogens (tertiary/aromatic N) is 10. The summed E-state index contributed by atoms with van der Waals surface area (Å²) < 4.78 is 13.8. The monoisotopic (exact) mass is 1000 g/mol. The van der Waals surface area contributed by atoms with E-state index in [4.69, 9.17) is 37.7 Å². The number of H-pyrrole nitrogens is 1. The Bertz CT molecular complexity index is 3110. The van der Waals surface area contributed by atoms with Crippen LogP contribution in [0, 0.1) is 17.2 Å². The lowest BCUT2D eigenvalue weighted by molar-refractivity contribution is -0.137. The number of piperidine rings is 2. The van der Waals surface area contributed by atoms with Crippen LogP contribution in [0.25, 0.3) is 33.1 Å². The summed E-state index contributed by atoms with van der Waals surface area (Å²) in [6.45, 7) is 8.08. The minimum absolute atomic E-state index is 0.0223. The summed E-state index contributed by atoms with van der Waals surface area (Å²) in [4.78, 5) is 67.7. The number of urea groups is 1. The van der Waals surface area contributed by atoms with E-state index in [1.807, 2.05) is 42.8 Å². The van der Waals surface area contributed by atoms with Crippen molar-refractivity contribution in [1.82, 2.24) is 50.4 Å². The molecular formula is C50H53Cl2N13O6. The van der Waals surface area contributed by atoms with Crippen LogP contribution >= 0.6 is 23.2 Å². The van der Waals surface area contributed by atoms with Crippen molar-refractivity contribution in [2.24, 2.45) is 13.0 Å². The first-order valence-electron chi connectivity index (χ1n) is 23.8. The van der Waals surface area contributed by atoms with Crippen molar-refractivity contribution < 1.29 is 28.7 Å². The second-order valence-electron chi connectivity index (χ2n) is 19.2. The van der Waals surface area contributed by atoms with Gasteiger partial charge in [-0.05, 0) is 88.4 Å². The maximum absolute atomic E-state index is 13.6. The van der Waals surface area contributed by atoms with Gasteiger partial charge < -0.3 is 24.6 Å². The molecule has 1 atom stereocenters. The molecule has 4 aromatic heterocycles. The molecule has 0 radical (unpaired) electrons. The minimum Gasteiger partial charge on any atom is -0.493 e. The predicted molar refractivity (Wildman–Crippen MR) is 267 cm³/mol. The van der Waals surface area contributed by atoms with E-state index in [1.165, 1.54) is 22.9 Å². The normalized spacial score (nSPS) is 18.3. The van der Waals surface area contributed by atoms with Crippen LogP contribution in [-0.2, 0) is 21.4 Å². The Hall–Kier alpha value is -7.01. The molecule has 6 aromatic rings. The smallest absolute Gasteiger partial charge is 0.329 e. The van der Waals surface area contributed by atoms with Crippen LogP contribution in [0.1, 0.15) is 74.7 Å². The van der Waals surface area contributed by atoms with Gasteiger partial charge in [-0.2, -0.15) is 15.5 Å². The molecule has 5 amide bonds. The lowest BCUT2D eigenvalue weighted by atomic mass is 9.88. The summed E-state index contributed by atoms with van der Waals surface area (Å²) in [5, 5.41) is 30.5. The second-order valence-corrected chi connectivity index (χ2v) is 20.0. The molecule has 4 saturated heterocycles. The van der Waals surface area contributed by atoms with Gasteiger partial charge in [0, 0.05) is 98.7 Å². The van der Waals surface area contributed by atoms with Crippen molar-refractivity contribution in [2.45, 2.75) is 63.5 Å². The number of anilines is 2. The molecule has 21 heteroatoms. The van der Waals surface area contributed by atoms with Crippen LogP contribution in [-0.4, -0.2) is 129 Å². The molecule has 71 heavy (non-hydrogen) atoms. The summed E-state index contributed by atoms with van der Waals surface area (Å²) in [7, 11) is 3.41. The fourth-order valence-electron chi connectivity index (χ4n) is 10.5. The van der Waals surface area contributed by atoms with Crippen LogP contribution in [0.3, 0.4) is 0 Å². The summed E-state index contributed by atoms with van der Waals surface area (Å²) in [6, 6.07) is 13.5. The highest BCUT2D eigenvalue weighted by Gasteiger charge is 2.43. The van der Waals surface area contributed by atoms with Crippen molar-refractivity contribution in [3.8, 4) is 28.8 Å². The van der Waals surface area contributed by atoms with Gasteiger partial charge in [0.25, 0.3) is 0 Å². The highest BCUT2D eigenvalue weighted by molar-refractivity contribution is 6.35.